The van der Waals surface area contributed by atoms with Gasteiger partial charge in [0.05, 0.1) is 12.5 Å². The molecule has 0 N–H and O–H groups in total. The van der Waals surface area contributed by atoms with Gasteiger partial charge in [-0.25, -0.2) is 4.31 Å². The van der Waals surface area contributed by atoms with Crippen LogP contribution in [0.4, 0.5) is 0 Å². The van der Waals surface area contributed by atoms with Crippen molar-refractivity contribution in [2.75, 3.05) is 24.5 Å². The number of ether oxygens (including phenoxy) is 1. The third-order valence-corrected chi connectivity index (χ3v) is 3.66. The van der Waals surface area contributed by atoms with Crippen molar-refractivity contribution in [3.05, 3.63) is 0 Å². The average Bonchev–Trinajstić information content (AvgIpc) is 2.51. The molecule has 70 valence electrons. The largest absolute Gasteiger partial charge is 0.465 e. The van der Waals surface area contributed by atoms with E-state index in [4.69, 9.17) is 4.74 Å². The van der Waals surface area contributed by atoms with Crippen LogP contribution in [-0.2, 0) is 9.53 Å². The summed E-state index contributed by atoms with van der Waals surface area (Å²) in [5.41, 5.74) is 0. The molecule has 0 radical (unpaired) electrons. The summed E-state index contributed by atoms with van der Waals surface area (Å²) in [6.07, 6.45) is 1.98. The summed E-state index contributed by atoms with van der Waals surface area (Å²) in [7, 11) is 0. The van der Waals surface area contributed by atoms with E-state index in [1.165, 1.54) is 0 Å². The van der Waals surface area contributed by atoms with E-state index in [2.05, 4.69) is 4.31 Å². The molecule has 1 rings (SSSR count). The zero-order chi connectivity index (χ0) is 8.97. The van der Waals surface area contributed by atoms with E-state index in [1.54, 1.807) is 23.7 Å². The fourth-order valence-electron chi connectivity index (χ4n) is 1.03. The molecule has 0 aromatic carbocycles. The minimum atomic E-state index is -0.0862. The Morgan fingerprint density at radius 3 is 3.17 bits per heavy atom. The van der Waals surface area contributed by atoms with E-state index in [9.17, 15) is 4.79 Å². The highest BCUT2D eigenvalue weighted by atomic mass is 32.2. The minimum Gasteiger partial charge on any atom is -0.465 e. The lowest BCUT2D eigenvalue weighted by atomic mass is 10.3. The topological polar surface area (TPSA) is 29.5 Å². The van der Waals surface area contributed by atoms with Gasteiger partial charge in [0.15, 0.2) is 0 Å². The maximum Gasteiger partial charge on any atom is 0.325 e. The van der Waals surface area contributed by atoms with Gasteiger partial charge in [0, 0.05) is 5.75 Å². The fraction of sp³-hybridized carbons (Fsp3) is 0.857. The van der Waals surface area contributed by atoms with Crippen LogP contribution >= 0.6 is 23.7 Å². The van der Waals surface area contributed by atoms with Gasteiger partial charge >= 0.3 is 5.97 Å². The first kappa shape index (κ1) is 10.2. The van der Waals surface area contributed by atoms with Crippen LogP contribution in [0.2, 0.25) is 0 Å². The van der Waals surface area contributed by atoms with Crippen molar-refractivity contribution in [2.45, 2.75) is 13.0 Å². The maximum absolute atomic E-state index is 11.3. The molecule has 12 heavy (non-hydrogen) atoms. The van der Waals surface area contributed by atoms with Crippen LogP contribution in [0.3, 0.4) is 0 Å². The summed E-state index contributed by atoms with van der Waals surface area (Å²) in [6.45, 7) is 2.31. The van der Waals surface area contributed by atoms with Gasteiger partial charge in [0.2, 0.25) is 0 Å². The van der Waals surface area contributed by atoms with Crippen molar-refractivity contribution in [3.63, 3.8) is 0 Å². The average molecular weight is 207 g/mol. The second-order valence-corrected chi connectivity index (χ2v) is 4.20. The predicted molar refractivity (Wildman–Crippen MR) is 53.1 cm³/mol. The van der Waals surface area contributed by atoms with E-state index in [0.29, 0.717) is 6.61 Å². The molecule has 1 heterocycles. The molecule has 0 amide bonds. The summed E-state index contributed by atoms with van der Waals surface area (Å²) < 4.78 is 7.01. The van der Waals surface area contributed by atoms with E-state index in [1.807, 2.05) is 13.2 Å². The van der Waals surface area contributed by atoms with Crippen LogP contribution < -0.4 is 0 Å². The zero-order valence-electron chi connectivity index (χ0n) is 7.28. The van der Waals surface area contributed by atoms with Crippen molar-refractivity contribution < 1.29 is 9.53 Å². The second-order valence-electron chi connectivity index (χ2n) is 2.37. The molecule has 0 spiro atoms. The number of thioether (sulfide) groups is 1. The van der Waals surface area contributed by atoms with Gasteiger partial charge in [0.1, 0.15) is 6.04 Å². The first-order chi connectivity index (χ1) is 5.79. The molecular weight excluding hydrogens is 194 g/mol. The number of carbonyl (C=O) groups excluding carboxylic acids is 1. The quantitative estimate of drug-likeness (QED) is 0.512. The van der Waals surface area contributed by atoms with E-state index in [-0.39, 0.29) is 12.0 Å². The van der Waals surface area contributed by atoms with Crippen molar-refractivity contribution in [1.29, 1.82) is 0 Å². The highest BCUT2D eigenvalue weighted by Crippen LogP contribution is 2.26. The van der Waals surface area contributed by atoms with Crippen LogP contribution in [0.1, 0.15) is 6.92 Å². The molecule has 0 aromatic rings. The molecule has 0 aromatic heterocycles. The molecule has 1 saturated heterocycles. The number of rotatable bonds is 3. The number of carbonyl (C=O) groups is 1. The normalized spacial score (nSPS) is 24.3. The molecule has 1 unspecified atom stereocenters. The van der Waals surface area contributed by atoms with Gasteiger partial charge in [-0.3, -0.25) is 4.79 Å². The molecule has 1 fully saturated rings. The first-order valence-corrected chi connectivity index (χ1v) is 6.18. The smallest absolute Gasteiger partial charge is 0.325 e. The second kappa shape index (κ2) is 4.99. The monoisotopic (exact) mass is 207 g/mol. The molecule has 1 aliphatic heterocycles. The molecule has 1 aliphatic rings. The van der Waals surface area contributed by atoms with E-state index < -0.39 is 0 Å². The van der Waals surface area contributed by atoms with E-state index in [0.717, 1.165) is 11.6 Å². The van der Waals surface area contributed by atoms with Gasteiger partial charge in [0.25, 0.3) is 0 Å². The van der Waals surface area contributed by atoms with Gasteiger partial charge in [-0.05, 0) is 13.2 Å². The van der Waals surface area contributed by atoms with Crippen LogP contribution in [0.5, 0.6) is 0 Å². The van der Waals surface area contributed by atoms with Crippen molar-refractivity contribution in [3.8, 4) is 0 Å². The van der Waals surface area contributed by atoms with E-state index >= 15 is 0 Å². The van der Waals surface area contributed by atoms with Crippen molar-refractivity contribution >= 4 is 29.7 Å². The van der Waals surface area contributed by atoms with Gasteiger partial charge in [-0.1, -0.05) is 11.9 Å². The minimum absolute atomic E-state index is 0.0371. The molecule has 0 saturated carbocycles. The van der Waals surface area contributed by atoms with Crippen LogP contribution in [0.15, 0.2) is 0 Å². The maximum atomic E-state index is 11.3. The zero-order valence-corrected chi connectivity index (χ0v) is 8.91. The Morgan fingerprint density at radius 2 is 2.58 bits per heavy atom. The highest BCUT2D eigenvalue weighted by Gasteiger charge is 2.31. The van der Waals surface area contributed by atoms with Gasteiger partial charge in [-0.2, -0.15) is 0 Å². The Hall–Kier alpha value is 0.130. The standard InChI is InChI=1S/C7H13NO2S2/c1-3-10-7(9)6-4-12-5-8(6)11-2/h6H,3-5H2,1-2H3. The molecule has 0 aliphatic carbocycles. The fourth-order valence-corrected chi connectivity index (χ4v) is 3.19. The predicted octanol–water partition coefficient (Wildman–Crippen LogP) is 1.20. The van der Waals surface area contributed by atoms with Crippen LogP contribution in [-0.4, -0.2) is 40.8 Å². The molecule has 5 heteroatoms. The van der Waals surface area contributed by atoms with Gasteiger partial charge in [-0.15, -0.1) is 11.8 Å². The summed E-state index contributed by atoms with van der Waals surface area (Å²) in [5, 5.41) is 0. The van der Waals surface area contributed by atoms with Crippen LogP contribution in [0.25, 0.3) is 0 Å². The lowest BCUT2D eigenvalue weighted by Crippen LogP contribution is -2.34. The third-order valence-electron chi connectivity index (χ3n) is 1.64. The molecule has 3 nitrogen and oxygen atoms in total. The SMILES string of the molecule is CCOC(=O)C1CSCN1SC. The Kier molecular flexibility index (Phi) is 4.25. The Morgan fingerprint density at radius 1 is 1.83 bits per heavy atom. The number of esters is 1. The Labute approximate surface area is 81.3 Å². The lowest BCUT2D eigenvalue weighted by molar-refractivity contribution is -0.146. The van der Waals surface area contributed by atoms with Gasteiger partial charge < -0.3 is 4.74 Å². The van der Waals surface area contributed by atoms with Crippen molar-refractivity contribution in [1.82, 2.24) is 4.31 Å². The summed E-state index contributed by atoms with van der Waals surface area (Å²) >= 11 is 3.38. The summed E-state index contributed by atoms with van der Waals surface area (Å²) in [5.74, 6) is 1.70. The number of nitrogens with zero attached hydrogens (tertiary/aromatic N) is 1. The molecular formula is C7H13NO2S2. The van der Waals surface area contributed by atoms with Crippen molar-refractivity contribution in [2.24, 2.45) is 0 Å². The Balaban J connectivity index is 2.43. The first-order valence-electron chi connectivity index (χ1n) is 3.84. The highest BCUT2D eigenvalue weighted by molar-refractivity contribution is 8.02. The summed E-state index contributed by atoms with van der Waals surface area (Å²) in [4.78, 5) is 11.3. The lowest BCUT2D eigenvalue weighted by Gasteiger charge is -2.18. The Bertz CT molecular complexity index is 165. The summed E-state index contributed by atoms with van der Waals surface area (Å²) in [6, 6.07) is -0.0371. The number of hydrogen-bond donors (Lipinski definition) is 0. The molecule has 0 bridgehead atoms. The third kappa shape index (κ3) is 2.31. The van der Waals surface area contributed by atoms with Crippen LogP contribution in [0, 0.1) is 0 Å². The number of hydrogen-bond acceptors (Lipinski definition) is 5. The molecule has 1 atom stereocenters.